The third-order valence-electron chi connectivity index (χ3n) is 3.30. The lowest BCUT2D eigenvalue weighted by molar-refractivity contribution is 0.0684. The highest BCUT2D eigenvalue weighted by molar-refractivity contribution is 5.90. The fourth-order valence-electron chi connectivity index (χ4n) is 2.26. The van der Waals surface area contributed by atoms with Gasteiger partial charge in [-0.15, -0.1) is 0 Å². The van der Waals surface area contributed by atoms with Crippen LogP contribution < -0.4 is 0 Å². The first-order chi connectivity index (χ1) is 10.4. The van der Waals surface area contributed by atoms with Gasteiger partial charge in [0.15, 0.2) is 0 Å². The van der Waals surface area contributed by atoms with Gasteiger partial charge in [0, 0.05) is 0 Å². The lowest BCUT2D eigenvalue weighted by atomic mass is 9.96. The minimum absolute atomic E-state index is 0.0508. The Morgan fingerprint density at radius 1 is 0.727 bits per heavy atom. The van der Waals surface area contributed by atoms with Crippen molar-refractivity contribution in [1.29, 1.82) is 0 Å². The summed E-state index contributed by atoms with van der Waals surface area (Å²) in [5.41, 5.74) is 0.893. The number of carboxylic acid groups (broad SMARTS) is 2. The van der Waals surface area contributed by atoms with Crippen molar-refractivity contribution in [3.63, 3.8) is 0 Å². The number of carboxylic acids is 2. The van der Waals surface area contributed by atoms with Crippen molar-refractivity contribution >= 4 is 11.9 Å². The molecule has 0 spiro atoms. The summed E-state index contributed by atoms with van der Waals surface area (Å²) < 4.78 is 0. The Kier molecular flexibility index (Phi) is 4.31. The second kappa shape index (κ2) is 6.17. The van der Waals surface area contributed by atoms with E-state index in [1.54, 1.807) is 0 Å². The molecule has 22 heavy (non-hydrogen) atoms. The van der Waals surface area contributed by atoms with Crippen molar-refractivity contribution in [2.24, 2.45) is 0 Å². The second-order valence-corrected chi connectivity index (χ2v) is 4.79. The highest BCUT2D eigenvalue weighted by Crippen LogP contribution is 2.22. The summed E-state index contributed by atoms with van der Waals surface area (Å²) in [6.45, 7) is 0. The van der Waals surface area contributed by atoms with Gasteiger partial charge in [0.2, 0.25) is 0 Å². The number of aryl methyl sites for hydroxylation is 2. The zero-order chi connectivity index (χ0) is 16.3. The fraction of sp³-hybridized carbons (Fsp3) is 0.125. The summed E-state index contributed by atoms with van der Waals surface area (Å²) in [4.78, 5) is 22.3. The van der Waals surface area contributed by atoms with Gasteiger partial charge < -0.3 is 20.4 Å². The molecule has 0 heterocycles. The van der Waals surface area contributed by atoms with Crippen molar-refractivity contribution < 1.29 is 30.0 Å². The van der Waals surface area contributed by atoms with Crippen LogP contribution >= 0.6 is 0 Å². The average Bonchev–Trinajstić information content (AvgIpc) is 2.44. The summed E-state index contributed by atoms with van der Waals surface area (Å²) >= 11 is 0. The number of phenols is 2. The van der Waals surface area contributed by atoms with Crippen LogP contribution in [0.15, 0.2) is 36.4 Å². The third-order valence-corrected chi connectivity index (χ3v) is 3.30. The Labute approximate surface area is 125 Å². The van der Waals surface area contributed by atoms with Gasteiger partial charge in [-0.05, 0) is 60.4 Å². The number of hydrogen-bond donors (Lipinski definition) is 4. The maximum atomic E-state index is 11.2. The molecule has 0 aliphatic heterocycles. The Hall–Kier alpha value is -3.02. The molecule has 0 fully saturated rings. The monoisotopic (exact) mass is 302 g/mol. The second-order valence-electron chi connectivity index (χ2n) is 4.79. The van der Waals surface area contributed by atoms with E-state index in [9.17, 15) is 19.8 Å². The standard InChI is InChI=1S/C16H14O6/c17-11-3-5-13(15(19)20)9(7-11)1-2-10-8-12(18)4-6-14(10)16(21)22/h3-8,17-18H,1-2H2,(H,19,20)(H,21,22). The van der Waals surface area contributed by atoms with E-state index in [0.29, 0.717) is 11.1 Å². The first-order valence-electron chi connectivity index (χ1n) is 6.49. The van der Waals surface area contributed by atoms with Crippen molar-refractivity contribution in [3.8, 4) is 11.5 Å². The van der Waals surface area contributed by atoms with Crippen molar-refractivity contribution in [1.82, 2.24) is 0 Å². The molecule has 0 aromatic heterocycles. The molecular weight excluding hydrogens is 288 g/mol. The van der Waals surface area contributed by atoms with Gasteiger partial charge in [-0.2, -0.15) is 0 Å². The molecule has 0 aliphatic carbocycles. The van der Waals surface area contributed by atoms with Crippen molar-refractivity contribution in [2.45, 2.75) is 12.8 Å². The number of phenolic OH excluding ortho intramolecular Hbond substituents is 2. The van der Waals surface area contributed by atoms with E-state index in [0.717, 1.165) is 0 Å². The van der Waals surface area contributed by atoms with Crippen molar-refractivity contribution in [3.05, 3.63) is 58.7 Å². The molecule has 6 nitrogen and oxygen atoms in total. The number of aromatic hydroxyl groups is 2. The van der Waals surface area contributed by atoms with E-state index in [4.69, 9.17) is 10.2 Å². The van der Waals surface area contributed by atoms with Gasteiger partial charge in [0.05, 0.1) is 11.1 Å². The van der Waals surface area contributed by atoms with E-state index >= 15 is 0 Å². The van der Waals surface area contributed by atoms with Crippen LogP contribution in [0.1, 0.15) is 31.8 Å². The lowest BCUT2D eigenvalue weighted by Gasteiger charge is -2.09. The molecular formula is C16H14O6. The normalized spacial score (nSPS) is 10.4. The summed E-state index contributed by atoms with van der Waals surface area (Å²) in [6.07, 6.45) is 0.444. The summed E-state index contributed by atoms with van der Waals surface area (Å²) in [7, 11) is 0. The van der Waals surface area contributed by atoms with E-state index in [-0.39, 0.29) is 35.5 Å². The molecule has 0 atom stereocenters. The third kappa shape index (κ3) is 3.35. The van der Waals surface area contributed by atoms with Crippen LogP contribution in [0.5, 0.6) is 11.5 Å². The van der Waals surface area contributed by atoms with Gasteiger partial charge in [0.25, 0.3) is 0 Å². The summed E-state index contributed by atoms with van der Waals surface area (Å²) in [5, 5.41) is 37.2. The molecule has 0 bridgehead atoms. The number of carbonyl (C=O) groups is 2. The van der Waals surface area contributed by atoms with Crippen LogP contribution in [0.3, 0.4) is 0 Å². The highest BCUT2D eigenvalue weighted by Gasteiger charge is 2.14. The van der Waals surface area contributed by atoms with E-state index in [2.05, 4.69) is 0 Å². The average molecular weight is 302 g/mol. The van der Waals surface area contributed by atoms with Gasteiger partial charge in [0.1, 0.15) is 11.5 Å². The molecule has 0 amide bonds. The molecule has 2 aromatic rings. The smallest absolute Gasteiger partial charge is 0.335 e. The Morgan fingerprint density at radius 2 is 1.09 bits per heavy atom. The molecule has 114 valence electrons. The summed E-state index contributed by atoms with van der Waals surface area (Å²) in [5.74, 6) is -2.36. The predicted molar refractivity (Wildman–Crippen MR) is 77.5 cm³/mol. The fourth-order valence-corrected chi connectivity index (χ4v) is 2.26. The molecule has 0 aliphatic rings. The minimum atomic E-state index is -1.12. The van der Waals surface area contributed by atoms with Crippen LogP contribution in [0, 0.1) is 0 Å². The van der Waals surface area contributed by atoms with Crippen LogP contribution in [-0.2, 0) is 12.8 Å². The maximum Gasteiger partial charge on any atom is 0.335 e. The van der Waals surface area contributed by atoms with E-state index < -0.39 is 11.9 Å². The predicted octanol–water partition coefficient (Wildman–Crippen LogP) is 2.28. The molecule has 0 unspecified atom stereocenters. The van der Waals surface area contributed by atoms with E-state index in [1.807, 2.05) is 0 Å². The van der Waals surface area contributed by atoms with Gasteiger partial charge in [-0.1, -0.05) is 0 Å². The van der Waals surface area contributed by atoms with Gasteiger partial charge in [-0.25, -0.2) is 9.59 Å². The molecule has 0 radical (unpaired) electrons. The quantitative estimate of drug-likeness (QED) is 0.673. The minimum Gasteiger partial charge on any atom is -0.508 e. The lowest BCUT2D eigenvalue weighted by Crippen LogP contribution is -2.06. The number of rotatable bonds is 5. The first kappa shape index (κ1) is 15.4. The topological polar surface area (TPSA) is 115 Å². The first-order valence-corrected chi connectivity index (χ1v) is 6.49. The molecule has 0 saturated heterocycles. The van der Waals surface area contributed by atoms with Crippen molar-refractivity contribution in [2.75, 3.05) is 0 Å². The Morgan fingerprint density at radius 3 is 1.41 bits per heavy atom. The molecule has 2 rings (SSSR count). The number of aromatic carboxylic acids is 2. The zero-order valence-electron chi connectivity index (χ0n) is 11.5. The number of hydrogen-bond acceptors (Lipinski definition) is 4. The van der Waals surface area contributed by atoms with E-state index in [1.165, 1.54) is 36.4 Å². The van der Waals surface area contributed by atoms with Crippen LogP contribution in [0.2, 0.25) is 0 Å². The number of benzene rings is 2. The van der Waals surface area contributed by atoms with Gasteiger partial charge in [-0.3, -0.25) is 0 Å². The van der Waals surface area contributed by atoms with Crippen LogP contribution in [-0.4, -0.2) is 32.4 Å². The maximum absolute atomic E-state index is 11.2. The SMILES string of the molecule is O=C(O)c1ccc(O)cc1CCc1cc(O)ccc1C(=O)O. The van der Waals surface area contributed by atoms with Crippen LogP contribution in [0.25, 0.3) is 0 Å². The summed E-state index contributed by atoms with van der Waals surface area (Å²) in [6, 6.07) is 7.84. The Balaban J connectivity index is 2.31. The molecule has 2 aromatic carbocycles. The molecule has 6 heteroatoms. The molecule has 4 N–H and O–H groups in total. The highest BCUT2D eigenvalue weighted by atomic mass is 16.4. The zero-order valence-corrected chi connectivity index (χ0v) is 11.5. The largest absolute Gasteiger partial charge is 0.508 e. The van der Waals surface area contributed by atoms with Gasteiger partial charge >= 0.3 is 11.9 Å². The Bertz CT molecular complexity index is 672. The molecule has 0 saturated carbocycles. The van der Waals surface area contributed by atoms with Crippen LogP contribution in [0.4, 0.5) is 0 Å².